The van der Waals surface area contributed by atoms with E-state index in [0.717, 1.165) is 32.0 Å². The minimum atomic E-state index is -0.432. The van der Waals surface area contributed by atoms with Crippen molar-refractivity contribution in [1.82, 2.24) is 14.5 Å². The van der Waals surface area contributed by atoms with E-state index in [9.17, 15) is 4.79 Å². The number of rotatable bonds is 4. The van der Waals surface area contributed by atoms with Crippen LogP contribution in [0.2, 0.25) is 0 Å². The first-order valence-electron chi connectivity index (χ1n) is 11.3. The van der Waals surface area contributed by atoms with E-state index in [1.165, 1.54) is 36.3 Å². The third-order valence-electron chi connectivity index (χ3n) is 6.79. The molecule has 1 saturated heterocycles. The third-order valence-corrected chi connectivity index (χ3v) is 6.79. The summed E-state index contributed by atoms with van der Waals surface area (Å²) in [5.41, 5.74) is 0.678. The molecule has 0 atom stereocenters. The van der Waals surface area contributed by atoms with Gasteiger partial charge in [0.1, 0.15) is 23.5 Å². The first kappa shape index (κ1) is 20.2. The molecule has 3 aromatic rings. The van der Waals surface area contributed by atoms with Gasteiger partial charge in [0.15, 0.2) is 0 Å². The molecule has 2 aromatic carbocycles. The van der Waals surface area contributed by atoms with Gasteiger partial charge in [-0.2, -0.15) is 0 Å². The highest BCUT2D eigenvalue weighted by Crippen LogP contribution is 2.29. The molecule has 6 heteroatoms. The first-order chi connectivity index (χ1) is 15.1. The molecule has 2 aliphatic rings. The summed E-state index contributed by atoms with van der Waals surface area (Å²) in [6.07, 6.45) is 7.41. The van der Waals surface area contributed by atoms with Crippen LogP contribution in [-0.2, 0) is 7.05 Å². The summed E-state index contributed by atoms with van der Waals surface area (Å²) in [7, 11) is 1.62. The lowest BCUT2D eigenvalue weighted by atomic mass is 10.0. The van der Waals surface area contributed by atoms with Crippen LogP contribution in [0.3, 0.4) is 0 Å². The molecule has 2 heterocycles. The number of likely N-dealkylation sites (tertiary alicyclic amines) is 1. The van der Waals surface area contributed by atoms with E-state index in [0.29, 0.717) is 28.0 Å². The summed E-state index contributed by atoms with van der Waals surface area (Å²) in [5, 5.41) is 0.526. The predicted molar refractivity (Wildman–Crippen MR) is 120 cm³/mol. The van der Waals surface area contributed by atoms with E-state index in [1.54, 1.807) is 37.4 Å². The Hall–Kier alpha value is -2.73. The highest BCUT2D eigenvalue weighted by molar-refractivity contribution is 5.79. The number of ether oxygens (including phenoxy) is 1. The van der Waals surface area contributed by atoms with E-state index in [2.05, 4.69) is 9.88 Å². The molecular formula is C25H28FN3O2. The summed E-state index contributed by atoms with van der Waals surface area (Å²) in [6.45, 7) is 2.11. The van der Waals surface area contributed by atoms with Crippen LogP contribution in [-0.4, -0.2) is 39.7 Å². The number of halogens is 1. The average Bonchev–Trinajstić information content (AvgIpc) is 3.32. The van der Waals surface area contributed by atoms with Gasteiger partial charge in [-0.05, 0) is 49.9 Å². The highest BCUT2D eigenvalue weighted by Gasteiger charge is 2.28. The van der Waals surface area contributed by atoms with Gasteiger partial charge in [-0.1, -0.05) is 25.0 Å². The van der Waals surface area contributed by atoms with Crippen LogP contribution < -0.4 is 10.3 Å². The topological polar surface area (TPSA) is 47.4 Å². The number of hydrogen-bond donors (Lipinski definition) is 0. The van der Waals surface area contributed by atoms with Gasteiger partial charge in [-0.15, -0.1) is 0 Å². The van der Waals surface area contributed by atoms with Crippen molar-refractivity contribution in [3.05, 3.63) is 58.6 Å². The van der Waals surface area contributed by atoms with E-state index in [1.807, 2.05) is 6.07 Å². The number of para-hydroxylation sites is 1. The van der Waals surface area contributed by atoms with Crippen molar-refractivity contribution in [1.29, 1.82) is 0 Å². The molecule has 31 heavy (non-hydrogen) atoms. The predicted octanol–water partition coefficient (Wildman–Crippen LogP) is 4.53. The lowest BCUT2D eigenvalue weighted by molar-refractivity contribution is 0.0766. The molecule has 1 aliphatic heterocycles. The highest BCUT2D eigenvalue weighted by atomic mass is 19.1. The number of hydrogen-bond acceptors (Lipinski definition) is 4. The van der Waals surface area contributed by atoms with Gasteiger partial charge in [0.2, 0.25) is 0 Å². The molecule has 1 aliphatic carbocycles. The van der Waals surface area contributed by atoms with Crippen molar-refractivity contribution >= 4 is 10.9 Å². The van der Waals surface area contributed by atoms with Crippen LogP contribution in [0.25, 0.3) is 22.3 Å². The maximum Gasteiger partial charge on any atom is 0.261 e. The van der Waals surface area contributed by atoms with Crippen LogP contribution in [0.5, 0.6) is 5.75 Å². The lowest BCUT2D eigenvalue weighted by Gasteiger charge is -2.36. The second-order valence-corrected chi connectivity index (χ2v) is 8.75. The first-order valence-corrected chi connectivity index (χ1v) is 11.3. The van der Waals surface area contributed by atoms with Crippen LogP contribution in [0.15, 0.2) is 47.3 Å². The second-order valence-electron chi connectivity index (χ2n) is 8.75. The Bertz CT molecular complexity index is 1150. The summed E-state index contributed by atoms with van der Waals surface area (Å²) < 4.78 is 22.5. The van der Waals surface area contributed by atoms with Gasteiger partial charge in [0.05, 0.1) is 16.5 Å². The maximum absolute atomic E-state index is 15.0. The molecule has 162 valence electrons. The van der Waals surface area contributed by atoms with Gasteiger partial charge in [0.25, 0.3) is 5.56 Å². The van der Waals surface area contributed by atoms with Gasteiger partial charge in [0, 0.05) is 32.2 Å². The zero-order valence-electron chi connectivity index (χ0n) is 17.9. The molecule has 2 fully saturated rings. The van der Waals surface area contributed by atoms with E-state index >= 15 is 4.39 Å². The van der Waals surface area contributed by atoms with Gasteiger partial charge >= 0.3 is 0 Å². The quantitative estimate of drug-likeness (QED) is 0.621. The lowest BCUT2D eigenvalue weighted by Crippen LogP contribution is -2.43. The monoisotopic (exact) mass is 421 g/mol. The minimum absolute atomic E-state index is 0.117. The van der Waals surface area contributed by atoms with Gasteiger partial charge < -0.3 is 9.64 Å². The fourth-order valence-corrected chi connectivity index (χ4v) is 5.03. The van der Waals surface area contributed by atoms with Crippen molar-refractivity contribution in [2.24, 2.45) is 7.05 Å². The second kappa shape index (κ2) is 8.42. The average molecular weight is 422 g/mol. The summed E-state index contributed by atoms with van der Waals surface area (Å²) in [5.74, 6) is 0.419. The zero-order chi connectivity index (χ0) is 21.4. The van der Waals surface area contributed by atoms with Crippen molar-refractivity contribution in [3.63, 3.8) is 0 Å². The Labute approximate surface area is 181 Å². The SMILES string of the molecule is Cn1c(-c2ccc(OC3CCN(C4CCCC4)CC3)cc2F)nc2ccccc2c1=O. The molecule has 0 radical (unpaired) electrons. The number of benzene rings is 2. The van der Waals surface area contributed by atoms with Crippen molar-refractivity contribution in [2.75, 3.05) is 13.1 Å². The largest absolute Gasteiger partial charge is 0.490 e. The Morgan fingerprint density at radius 2 is 1.77 bits per heavy atom. The standard InChI is InChI=1S/C25H28FN3O2/c1-28-24(27-23-9-5-4-8-21(23)25(28)30)20-11-10-19(16-22(20)26)31-18-12-14-29(15-13-18)17-6-2-3-7-17/h4-5,8-11,16-18H,2-3,6-7,12-15H2,1H3. The number of fused-ring (bicyclic) bond motifs is 1. The van der Waals surface area contributed by atoms with Crippen molar-refractivity contribution < 1.29 is 9.13 Å². The Kier molecular flexibility index (Phi) is 5.48. The van der Waals surface area contributed by atoms with E-state index in [-0.39, 0.29) is 11.7 Å². The third kappa shape index (κ3) is 3.97. The smallest absolute Gasteiger partial charge is 0.261 e. The van der Waals surface area contributed by atoms with Crippen LogP contribution in [0.4, 0.5) is 4.39 Å². The normalized spacial score (nSPS) is 18.6. The molecule has 5 rings (SSSR count). The summed E-state index contributed by atoms with van der Waals surface area (Å²) in [6, 6.07) is 12.7. The fraction of sp³-hybridized carbons (Fsp3) is 0.440. The van der Waals surface area contributed by atoms with Crippen molar-refractivity contribution in [2.45, 2.75) is 50.7 Å². The molecule has 0 bridgehead atoms. The zero-order valence-corrected chi connectivity index (χ0v) is 17.9. The number of piperidine rings is 1. The van der Waals surface area contributed by atoms with Gasteiger partial charge in [-0.25, -0.2) is 9.37 Å². The minimum Gasteiger partial charge on any atom is -0.490 e. The molecule has 0 amide bonds. The molecule has 0 N–H and O–H groups in total. The molecule has 0 spiro atoms. The van der Waals surface area contributed by atoms with Crippen molar-refractivity contribution in [3.8, 4) is 17.1 Å². The van der Waals surface area contributed by atoms with Gasteiger partial charge in [-0.3, -0.25) is 9.36 Å². The summed E-state index contributed by atoms with van der Waals surface area (Å²) >= 11 is 0. The Morgan fingerprint density at radius 1 is 1.03 bits per heavy atom. The molecular weight excluding hydrogens is 393 g/mol. The molecule has 1 aromatic heterocycles. The van der Waals surface area contributed by atoms with Crippen LogP contribution >= 0.6 is 0 Å². The number of aromatic nitrogens is 2. The summed E-state index contributed by atoms with van der Waals surface area (Å²) in [4.78, 5) is 19.8. The van der Waals surface area contributed by atoms with Crippen LogP contribution in [0.1, 0.15) is 38.5 Å². The van der Waals surface area contributed by atoms with E-state index in [4.69, 9.17) is 4.74 Å². The molecule has 5 nitrogen and oxygen atoms in total. The maximum atomic E-state index is 15.0. The Balaban J connectivity index is 1.32. The van der Waals surface area contributed by atoms with Crippen LogP contribution in [0, 0.1) is 5.82 Å². The fourth-order valence-electron chi connectivity index (χ4n) is 5.03. The molecule has 1 saturated carbocycles. The van der Waals surface area contributed by atoms with E-state index < -0.39 is 5.82 Å². The number of nitrogens with zero attached hydrogens (tertiary/aromatic N) is 3. The molecule has 0 unspecified atom stereocenters. The Morgan fingerprint density at radius 3 is 2.52 bits per heavy atom.